The van der Waals surface area contributed by atoms with Gasteiger partial charge in [0, 0.05) is 22.2 Å². The molecule has 2 aromatic carbocycles. The Balaban J connectivity index is 2.09. The molecule has 0 atom stereocenters. The molecular formula is C14H10BrN3O4. The maximum Gasteiger partial charge on any atom is 0.275 e. The molecule has 2 rings (SSSR count). The lowest BCUT2D eigenvalue weighted by atomic mass is 10.2. The lowest BCUT2D eigenvalue weighted by Crippen LogP contribution is -2.17. The van der Waals surface area contributed by atoms with E-state index < -0.39 is 10.8 Å². The Kier molecular flexibility index (Phi) is 4.84. The third-order valence-electron chi connectivity index (χ3n) is 2.66. The van der Waals surface area contributed by atoms with Crippen molar-refractivity contribution >= 4 is 33.7 Å². The molecule has 2 N–H and O–H groups in total. The van der Waals surface area contributed by atoms with Crippen LogP contribution in [0.3, 0.4) is 0 Å². The fourth-order valence-corrected chi connectivity index (χ4v) is 2.00. The number of nitrogens with one attached hydrogen (secondary N) is 1. The van der Waals surface area contributed by atoms with E-state index in [0.717, 1.165) is 0 Å². The molecular weight excluding hydrogens is 354 g/mol. The highest BCUT2D eigenvalue weighted by Gasteiger charge is 2.10. The molecule has 0 bridgehead atoms. The minimum Gasteiger partial charge on any atom is -0.507 e. The summed E-state index contributed by atoms with van der Waals surface area (Å²) in [5.74, 6) is -0.772. The van der Waals surface area contributed by atoms with Crippen molar-refractivity contribution in [3.05, 3.63) is 68.2 Å². The van der Waals surface area contributed by atoms with Crippen molar-refractivity contribution in [2.45, 2.75) is 0 Å². The fourth-order valence-electron chi connectivity index (χ4n) is 1.63. The van der Waals surface area contributed by atoms with E-state index in [1.54, 1.807) is 12.1 Å². The predicted molar refractivity (Wildman–Crippen MR) is 84.0 cm³/mol. The van der Waals surface area contributed by atoms with Crippen LogP contribution in [0.25, 0.3) is 0 Å². The van der Waals surface area contributed by atoms with Crippen molar-refractivity contribution in [1.29, 1.82) is 0 Å². The smallest absolute Gasteiger partial charge is 0.275 e. The van der Waals surface area contributed by atoms with E-state index in [9.17, 15) is 20.0 Å². The number of amides is 1. The van der Waals surface area contributed by atoms with Gasteiger partial charge in [0.1, 0.15) is 5.75 Å². The highest BCUT2D eigenvalue weighted by atomic mass is 79.9. The first-order valence-electron chi connectivity index (χ1n) is 6.04. The van der Waals surface area contributed by atoms with Gasteiger partial charge in [-0.15, -0.1) is 0 Å². The number of hydrazone groups is 1. The molecule has 0 spiro atoms. The van der Waals surface area contributed by atoms with Gasteiger partial charge in [-0.2, -0.15) is 5.10 Å². The summed E-state index contributed by atoms with van der Waals surface area (Å²) >= 11 is 3.20. The van der Waals surface area contributed by atoms with E-state index in [1.807, 2.05) is 0 Å². The van der Waals surface area contributed by atoms with Crippen LogP contribution >= 0.6 is 15.9 Å². The first-order valence-corrected chi connectivity index (χ1v) is 6.83. The summed E-state index contributed by atoms with van der Waals surface area (Å²) in [6, 6.07) is 10.2. The highest BCUT2D eigenvalue weighted by molar-refractivity contribution is 9.10. The number of nitro benzene ring substituents is 1. The Hall–Kier alpha value is -2.74. The predicted octanol–water partition coefficient (Wildman–Crippen LogP) is 2.83. The summed E-state index contributed by atoms with van der Waals surface area (Å²) in [7, 11) is 0. The molecule has 8 heteroatoms. The van der Waals surface area contributed by atoms with E-state index in [-0.39, 0.29) is 17.0 Å². The van der Waals surface area contributed by atoms with Gasteiger partial charge in [-0.25, -0.2) is 5.43 Å². The van der Waals surface area contributed by atoms with Crippen LogP contribution in [0, 0.1) is 10.1 Å². The number of rotatable bonds is 4. The van der Waals surface area contributed by atoms with Crippen molar-refractivity contribution in [2.24, 2.45) is 5.10 Å². The Bertz CT molecular complexity index is 762. The summed E-state index contributed by atoms with van der Waals surface area (Å²) in [6.07, 6.45) is 1.28. The zero-order valence-electron chi connectivity index (χ0n) is 11.1. The first kappa shape index (κ1) is 15.6. The SMILES string of the molecule is O=C(N/N=C\c1cccc([N+](=O)[O-])c1)c1cc(Br)ccc1O. The number of hydrogen-bond acceptors (Lipinski definition) is 5. The van der Waals surface area contributed by atoms with E-state index >= 15 is 0 Å². The third kappa shape index (κ3) is 3.89. The van der Waals surface area contributed by atoms with Gasteiger partial charge in [-0.3, -0.25) is 14.9 Å². The molecule has 0 aromatic heterocycles. The number of aromatic hydroxyl groups is 1. The largest absolute Gasteiger partial charge is 0.507 e. The Morgan fingerprint density at radius 1 is 1.32 bits per heavy atom. The van der Waals surface area contributed by atoms with Crippen LogP contribution in [0.4, 0.5) is 5.69 Å². The zero-order valence-corrected chi connectivity index (χ0v) is 12.6. The number of nitrogens with zero attached hydrogens (tertiary/aromatic N) is 2. The van der Waals surface area contributed by atoms with E-state index in [1.165, 1.54) is 36.5 Å². The quantitative estimate of drug-likeness (QED) is 0.494. The molecule has 0 unspecified atom stereocenters. The number of hydrogen-bond donors (Lipinski definition) is 2. The minimum absolute atomic E-state index is 0.0607. The molecule has 0 aliphatic carbocycles. The minimum atomic E-state index is -0.597. The second-order valence-corrected chi connectivity index (χ2v) is 5.13. The van der Waals surface area contributed by atoms with E-state index in [2.05, 4.69) is 26.5 Å². The van der Waals surface area contributed by atoms with Crippen LogP contribution in [0.15, 0.2) is 52.0 Å². The standard InChI is InChI=1S/C14H10BrN3O4/c15-10-4-5-13(19)12(7-10)14(20)17-16-8-9-2-1-3-11(6-9)18(21)22/h1-8,19H,(H,17,20)/b16-8-. The average Bonchev–Trinajstić information content (AvgIpc) is 2.50. The monoisotopic (exact) mass is 363 g/mol. The number of non-ortho nitro benzene ring substituents is 1. The number of phenolic OH excluding ortho intramolecular Hbond substituents is 1. The maximum atomic E-state index is 11.9. The van der Waals surface area contributed by atoms with Crippen LogP contribution in [-0.2, 0) is 0 Å². The van der Waals surface area contributed by atoms with Gasteiger partial charge < -0.3 is 5.11 Å². The highest BCUT2D eigenvalue weighted by Crippen LogP contribution is 2.21. The summed E-state index contributed by atoms with van der Waals surface area (Å²) in [5.41, 5.74) is 2.70. The molecule has 0 saturated carbocycles. The number of benzene rings is 2. The molecule has 0 aliphatic rings. The molecule has 22 heavy (non-hydrogen) atoms. The van der Waals surface area contributed by atoms with Crippen molar-refractivity contribution in [3.63, 3.8) is 0 Å². The topological polar surface area (TPSA) is 105 Å². The Labute approximate surface area is 133 Å². The van der Waals surface area contributed by atoms with E-state index in [4.69, 9.17) is 0 Å². The number of halogens is 1. The normalized spacial score (nSPS) is 10.6. The van der Waals surface area contributed by atoms with Crippen LogP contribution in [0.2, 0.25) is 0 Å². The van der Waals surface area contributed by atoms with Crippen LogP contribution in [0.5, 0.6) is 5.75 Å². The molecule has 7 nitrogen and oxygen atoms in total. The molecule has 0 aliphatic heterocycles. The van der Waals surface area contributed by atoms with Gasteiger partial charge >= 0.3 is 0 Å². The third-order valence-corrected chi connectivity index (χ3v) is 3.16. The number of carbonyl (C=O) groups excluding carboxylic acids is 1. The zero-order chi connectivity index (χ0) is 16.1. The molecule has 1 amide bonds. The first-order chi connectivity index (χ1) is 10.5. The van der Waals surface area contributed by atoms with Gasteiger partial charge in [0.25, 0.3) is 11.6 Å². The lowest BCUT2D eigenvalue weighted by Gasteiger charge is -2.03. The second kappa shape index (κ2) is 6.81. The summed E-state index contributed by atoms with van der Waals surface area (Å²) < 4.78 is 0.637. The van der Waals surface area contributed by atoms with Gasteiger partial charge in [0.15, 0.2) is 0 Å². The summed E-state index contributed by atoms with van der Waals surface area (Å²) in [4.78, 5) is 22.0. The van der Waals surface area contributed by atoms with Crippen LogP contribution < -0.4 is 5.43 Å². The van der Waals surface area contributed by atoms with Gasteiger partial charge in [-0.05, 0) is 18.2 Å². The second-order valence-electron chi connectivity index (χ2n) is 4.21. The average molecular weight is 364 g/mol. The van der Waals surface area contributed by atoms with Crippen molar-refractivity contribution in [1.82, 2.24) is 5.43 Å². The van der Waals surface area contributed by atoms with Gasteiger partial charge in [-0.1, -0.05) is 28.1 Å². The van der Waals surface area contributed by atoms with Crippen LogP contribution in [-0.4, -0.2) is 22.2 Å². The lowest BCUT2D eigenvalue weighted by molar-refractivity contribution is -0.384. The van der Waals surface area contributed by atoms with Crippen molar-refractivity contribution in [2.75, 3.05) is 0 Å². The molecule has 0 saturated heterocycles. The number of phenols is 1. The van der Waals surface area contributed by atoms with Crippen molar-refractivity contribution in [3.8, 4) is 5.75 Å². The van der Waals surface area contributed by atoms with Gasteiger partial charge in [0.2, 0.25) is 0 Å². The molecule has 2 aromatic rings. The summed E-state index contributed by atoms with van der Waals surface area (Å²) in [6.45, 7) is 0. The number of nitro groups is 1. The molecule has 112 valence electrons. The van der Waals surface area contributed by atoms with E-state index in [0.29, 0.717) is 10.0 Å². The Morgan fingerprint density at radius 3 is 2.82 bits per heavy atom. The molecule has 0 fully saturated rings. The molecule has 0 heterocycles. The Morgan fingerprint density at radius 2 is 2.09 bits per heavy atom. The number of carbonyl (C=O) groups is 1. The summed E-state index contributed by atoms with van der Waals surface area (Å²) in [5, 5.41) is 24.0. The molecule has 0 radical (unpaired) electrons. The van der Waals surface area contributed by atoms with Crippen molar-refractivity contribution < 1.29 is 14.8 Å². The van der Waals surface area contributed by atoms with Gasteiger partial charge in [0.05, 0.1) is 16.7 Å². The fraction of sp³-hybridized carbons (Fsp3) is 0. The van der Waals surface area contributed by atoms with Crippen LogP contribution in [0.1, 0.15) is 15.9 Å². The maximum absolute atomic E-state index is 11.9.